The monoisotopic (exact) mass is 247 g/mol. The maximum atomic E-state index is 13.3. The van der Waals surface area contributed by atoms with Gasteiger partial charge >= 0.3 is 0 Å². The first-order valence-corrected chi connectivity index (χ1v) is 5.79. The van der Waals surface area contributed by atoms with Crippen molar-refractivity contribution >= 4 is 23.2 Å². The summed E-state index contributed by atoms with van der Waals surface area (Å²) < 4.78 is 13.3. The van der Waals surface area contributed by atoms with Crippen LogP contribution in [0.4, 0.5) is 4.39 Å². The molecule has 1 heterocycles. The highest BCUT2D eigenvalue weighted by Crippen LogP contribution is 2.26. The van der Waals surface area contributed by atoms with E-state index in [0.29, 0.717) is 11.1 Å². The third kappa shape index (κ3) is 2.63. The van der Waals surface area contributed by atoms with Gasteiger partial charge in [-0.25, -0.2) is 4.39 Å². The van der Waals surface area contributed by atoms with Crippen LogP contribution in [0.2, 0.25) is 10.0 Å². The van der Waals surface area contributed by atoms with Crippen molar-refractivity contribution in [3.05, 3.63) is 33.6 Å². The largest absolute Gasteiger partial charge is 0.314 e. The topological polar surface area (TPSA) is 12.0 Å². The van der Waals surface area contributed by atoms with Gasteiger partial charge in [-0.15, -0.1) is 0 Å². The summed E-state index contributed by atoms with van der Waals surface area (Å²) in [6.45, 7) is 1.03. The van der Waals surface area contributed by atoms with Gasteiger partial charge in [0.15, 0.2) is 0 Å². The quantitative estimate of drug-likeness (QED) is 0.790. The number of rotatable bonds is 2. The molecule has 1 nitrogen and oxygen atoms in total. The van der Waals surface area contributed by atoms with E-state index < -0.39 is 5.82 Å². The third-order valence-electron chi connectivity index (χ3n) is 2.70. The second-order valence-corrected chi connectivity index (χ2v) is 4.67. The number of benzene rings is 1. The molecule has 0 amide bonds. The molecule has 82 valence electrons. The Balaban J connectivity index is 2.19. The van der Waals surface area contributed by atoms with E-state index in [9.17, 15) is 4.39 Å². The molecule has 1 aromatic carbocycles. The van der Waals surface area contributed by atoms with Crippen LogP contribution in [0.5, 0.6) is 0 Å². The fraction of sp³-hybridized carbons (Fsp3) is 0.455. The lowest BCUT2D eigenvalue weighted by molar-refractivity contribution is 0.593. The maximum absolute atomic E-state index is 13.3. The minimum absolute atomic E-state index is 0.202. The minimum atomic E-state index is -0.433. The van der Waals surface area contributed by atoms with Gasteiger partial charge in [0.1, 0.15) is 5.82 Å². The van der Waals surface area contributed by atoms with E-state index in [0.717, 1.165) is 24.9 Å². The average Bonchev–Trinajstić information content (AvgIpc) is 2.66. The van der Waals surface area contributed by atoms with Crippen LogP contribution >= 0.6 is 23.2 Å². The molecular weight excluding hydrogens is 236 g/mol. The van der Waals surface area contributed by atoms with Gasteiger partial charge in [0.05, 0.1) is 5.02 Å². The second kappa shape index (κ2) is 4.69. The molecule has 1 N–H and O–H groups in total. The fourth-order valence-corrected chi connectivity index (χ4v) is 2.37. The zero-order valence-electron chi connectivity index (χ0n) is 8.19. The number of hydrogen-bond donors (Lipinski definition) is 1. The molecule has 1 aliphatic heterocycles. The predicted octanol–water partition coefficient (Wildman–Crippen LogP) is 3.43. The van der Waals surface area contributed by atoms with Gasteiger partial charge in [0.25, 0.3) is 0 Å². The van der Waals surface area contributed by atoms with Crippen LogP contribution < -0.4 is 5.32 Å². The Hall–Kier alpha value is -0.310. The molecule has 0 saturated carbocycles. The maximum Gasteiger partial charge on any atom is 0.143 e. The summed E-state index contributed by atoms with van der Waals surface area (Å²) in [6.07, 6.45) is 3.03. The molecule has 1 aliphatic rings. The molecule has 0 aliphatic carbocycles. The zero-order valence-corrected chi connectivity index (χ0v) is 9.71. The Labute approximate surface area is 98.6 Å². The normalized spacial score (nSPS) is 20.9. The Bertz CT molecular complexity index is 362. The zero-order chi connectivity index (χ0) is 10.8. The van der Waals surface area contributed by atoms with E-state index in [1.807, 2.05) is 0 Å². The van der Waals surface area contributed by atoms with E-state index in [1.165, 1.54) is 12.5 Å². The number of hydrogen-bond acceptors (Lipinski definition) is 1. The molecule has 0 aromatic heterocycles. The summed E-state index contributed by atoms with van der Waals surface area (Å²) in [5.41, 5.74) is 0.793. The molecule has 2 rings (SSSR count). The first-order chi connectivity index (χ1) is 7.16. The molecule has 1 aromatic rings. The highest BCUT2D eigenvalue weighted by Gasteiger charge is 2.17. The summed E-state index contributed by atoms with van der Waals surface area (Å²) >= 11 is 11.7. The van der Waals surface area contributed by atoms with Gasteiger partial charge < -0.3 is 5.32 Å². The molecule has 0 radical (unpaired) electrons. The summed E-state index contributed by atoms with van der Waals surface area (Å²) in [7, 11) is 0. The summed E-state index contributed by atoms with van der Waals surface area (Å²) in [5.74, 6) is -0.433. The van der Waals surface area contributed by atoms with Crippen LogP contribution in [-0.4, -0.2) is 12.6 Å². The van der Waals surface area contributed by atoms with Gasteiger partial charge in [-0.1, -0.05) is 23.2 Å². The van der Waals surface area contributed by atoms with Crippen molar-refractivity contribution in [1.82, 2.24) is 5.32 Å². The van der Waals surface area contributed by atoms with Crippen LogP contribution in [0.3, 0.4) is 0 Å². The lowest BCUT2D eigenvalue weighted by Gasteiger charge is -2.12. The van der Waals surface area contributed by atoms with Gasteiger partial charge in [-0.2, -0.15) is 0 Å². The molecular formula is C11H12Cl2FN. The third-order valence-corrected chi connectivity index (χ3v) is 3.34. The van der Waals surface area contributed by atoms with Crippen LogP contribution in [0.1, 0.15) is 18.4 Å². The van der Waals surface area contributed by atoms with E-state index in [2.05, 4.69) is 5.32 Å². The van der Waals surface area contributed by atoms with Gasteiger partial charge in [-0.3, -0.25) is 0 Å². The Morgan fingerprint density at radius 1 is 1.40 bits per heavy atom. The van der Waals surface area contributed by atoms with Crippen LogP contribution in [0.25, 0.3) is 0 Å². The van der Waals surface area contributed by atoms with Crippen molar-refractivity contribution in [3.8, 4) is 0 Å². The smallest absolute Gasteiger partial charge is 0.143 e. The lowest BCUT2D eigenvalue weighted by atomic mass is 10.0. The number of halogens is 3. The van der Waals surface area contributed by atoms with Gasteiger partial charge in [0, 0.05) is 11.1 Å². The van der Waals surface area contributed by atoms with Crippen molar-refractivity contribution in [2.45, 2.75) is 25.3 Å². The summed E-state index contributed by atoms with van der Waals surface area (Å²) in [4.78, 5) is 0. The molecule has 15 heavy (non-hydrogen) atoms. The van der Waals surface area contributed by atoms with Crippen molar-refractivity contribution in [3.63, 3.8) is 0 Å². The van der Waals surface area contributed by atoms with Gasteiger partial charge in [-0.05, 0) is 43.5 Å². The fourth-order valence-electron chi connectivity index (χ4n) is 1.95. The van der Waals surface area contributed by atoms with Crippen molar-refractivity contribution in [2.75, 3.05) is 6.54 Å². The second-order valence-electron chi connectivity index (χ2n) is 3.86. The van der Waals surface area contributed by atoms with Crippen molar-refractivity contribution in [1.29, 1.82) is 0 Å². The van der Waals surface area contributed by atoms with E-state index >= 15 is 0 Å². The molecule has 1 atom stereocenters. The van der Waals surface area contributed by atoms with E-state index in [1.54, 1.807) is 6.07 Å². The predicted molar refractivity (Wildman–Crippen MR) is 61.1 cm³/mol. The molecule has 1 fully saturated rings. The molecule has 0 bridgehead atoms. The van der Waals surface area contributed by atoms with Crippen LogP contribution in [0, 0.1) is 5.82 Å². The molecule has 0 spiro atoms. The van der Waals surface area contributed by atoms with Crippen molar-refractivity contribution < 1.29 is 4.39 Å². The highest BCUT2D eigenvalue weighted by molar-refractivity contribution is 6.33. The lowest BCUT2D eigenvalue weighted by Crippen LogP contribution is -2.23. The molecule has 1 unspecified atom stereocenters. The standard InChI is InChI=1S/C11H12Cl2FN/c12-8-4-7(11(13)10(14)6-8)5-9-2-1-3-15-9/h4,6,9,15H,1-3,5H2. The highest BCUT2D eigenvalue weighted by atomic mass is 35.5. The Morgan fingerprint density at radius 2 is 2.20 bits per heavy atom. The molecule has 1 saturated heterocycles. The van der Waals surface area contributed by atoms with E-state index in [4.69, 9.17) is 23.2 Å². The first kappa shape index (κ1) is 11.2. The summed E-state index contributed by atoms with van der Waals surface area (Å²) in [6, 6.07) is 3.39. The summed E-state index contributed by atoms with van der Waals surface area (Å²) in [5, 5.41) is 3.96. The van der Waals surface area contributed by atoms with E-state index in [-0.39, 0.29) is 5.02 Å². The average molecular weight is 248 g/mol. The van der Waals surface area contributed by atoms with Crippen LogP contribution in [-0.2, 0) is 6.42 Å². The Morgan fingerprint density at radius 3 is 2.87 bits per heavy atom. The van der Waals surface area contributed by atoms with Crippen molar-refractivity contribution in [2.24, 2.45) is 0 Å². The minimum Gasteiger partial charge on any atom is -0.314 e. The Kier molecular flexibility index (Phi) is 3.49. The first-order valence-electron chi connectivity index (χ1n) is 5.03. The van der Waals surface area contributed by atoms with Gasteiger partial charge in [0.2, 0.25) is 0 Å². The SMILES string of the molecule is Fc1cc(Cl)cc(CC2CCCN2)c1Cl. The number of nitrogens with one attached hydrogen (secondary N) is 1. The molecule has 4 heteroatoms. The van der Waals surface area contributed by atoms with Crippen LogP contribution in [0.15, 0.2) is 12.1 Å².